The molecule has 1 N–H and O–H groups in total. The molecule has 0 saturated carbocycles. The molecule has 0 aliphatic carbocycles. The van der Waals surface area contributed by atoms with E-state index in [1.165, 1.54) is 12.1 Å². The molecular weight excluding hydrogens is 367 g/mol. The molecule has 0 bridgehead atoms. The first kappa shape index (κ1) is 16.2. The van der Waals surface area contributed by atoms with E-state index in [1.54, 1.807) is 6.92 Å². The van der Waals surface area contributed by atoms with E-state index in [4.69, 9.17) is 11.6 Å². The molecule has 0 aromatic heterocycles. The zero-order valence-electron chi connectivity index (χ0n) is 11.0. The highest BCUT2D eigenvalue weighted by molar-refractivity contribution is 9.10. The molecular formula is C15H12BrClF3N. The molecule has 2 aromatic carbocycles. The van der Waals surface area contributed by atoms with Crippen LogP contribution in [0.2, 0.25) is 5.02 Å². The monoisotopic (exact) mass is 377 g/mol. The lowest BCUT2D eigenvalue weighted by Crippen LogP contribution is -2.13. The van der Waals surface area contributed by atoms with Crippen LogP contribution < -0.4 is 5.32 Å². The van der Waals surface area contributed by atoms with E-state index in [9.17, 15) is 13.2 Å². The predicted octanol–water partition coefficient (Wildman–Crippen LogP) is 6.29. The second kappa shape index (κ2) is 6.28. The minimum atomic E-state index is -4.45. The normalized spacial score (nSPS) is 13.0. The van der Waals surface area contributed by atoms with Crippen LogP contribution in [0.25, 0.3) is 0 Å². The first-order valence-corrected chi connectivity index (χ1v) is 7.33. The molecule has 1 unspecified atom stereocenters. The van der Waals surface area contributed by atoms with Gasteiger partial charge in [-0.05, 0) is 42.8 Å². The molecule has 1 nitrogen and oxygen atoms in total. The number of nitrogens with one attached hydrogen (secondary N) is 1. The summed E-state index contributed by atoms with van der Waals surface area (Å²) in [5.41, 5.74) is 0.141. The van der Waals surface area contributed by atoms with Crippen LogP contribution in [0, 0.1) is 0 Å². The Balaban J connectivity index is 2.29. The van der Waals surface area contributed by atoms with Crippen LogP contribution >= 0.6 is 27.5 Å². The molecule has 21 heavy (non-hydrogen) atoms. The van der Waals surface area contributed by atoms with Crippen molar-refractivity contribution in [3.05, 3.63) is 63.1 Å². The van der Waals surface area contributed by atoms with Gasteiger partial charge < -0.3 is 5.32 Å². The third-order valence-corrected chi connectivity index (χ3v) is 3.79. The fraction of sp³-hybridized carbons (Fsp3) is 0.200. The number of rotatable bonds is 3. The largest absolute Gasteiger partial charge is 0.418 e. The quantitative estimate of drug-likeness (QED) is 0.661. The first-order chi connectivity index (χ1) is 9.77. The maximum Gasteiger partial charge on any atom is 0.418 e. The van der Waals surface area contributed by atoms with Crippen LogP contribution in [-0.2, 0) is 6.18 Å². The molecule has 0 fully saturated rings. The van der Waals surface area contributed by atoms with Crippen LogP contribution in [0.15, 0.2) is 46.9 Å². The van der Waals surface area contributed by atoms with Crippen LogP contribution in [0.3, 0.4) is 0 Å². The number of hydrogen-bond acceptors (Lipinski definition) is 1. The summed E-state index contributed by atoms with van der Waals surface area (Å²) in [6.07, 6.45) is -4.45. The van der Waals surface area contributed by atoms with Crippen molar-refractivity contribution in [3.8, 4) is 0 Å². The summed E-state index contributed by atoms with van der Waals surface area (Å²) in [5.74, 6) is 0. The molecule has 2 aromatic rings. The Bertz CT molecular complexity index is 626. The zero-order chi connectivity index (χ0) is 15.6. The second-order valence-corrected chi connectivity index (χ2v) is 5.96. The highest BCUT2D eigenvalue weighted by Gasteiger charge is 2.34. The van der Waals surface area contributed by atoms with Gasteiger partial charge in [-0.2, -0.15) is 13.2 Å². The van der Waals surface area contributed by atoms with E-state index in [0.717, 1.165) is 16.1 Å². The fourth-order valence-corrected chi connectivity index (χ4v) is 2.38. The molecule has 0 aliphatic heterocycles. The van der Waals surface area contributed by atoms with Gasteiger partial charge in [0, 0.05) is 21.2 Å². The van der Waals surface area contributed by atoms with Crippen LogP contribution in [0.1, 0.15) is 24.1 Å². The molecule has 0 spiro atoms. The van der Waals surface area contributed by atoms with E-state index >= 15 is 0 Å². The number of alkyl halides is 3. The maximum atomic E-state index is 13.0. The van der Waals surface area contributed by atoms with E-state index in [1.807, 2.05) is 24.3 Å². The highest BCUT2D eigenvalue weighted by Crippen LogP contribution is 2.37. The molecule has 1 atom stereocenters. The van der Waals surface area contributed by atoms with Gasteiger partial charge in [0.2, 0.25) is 0 Å². The van der Waals surface area contributed by atoms with Crippen molar-refractivity contribution in [1.29, 1.82) is 0 Å². The van der Waals surface area contributed by atoms with E-state index < -0.39 is 11.7 Å². The zero-order valence-corrected chi connectivity index (χ0v) is 13.4. The Morgan fingerprint density at radius 3 is 2.29 bits per heavy atom. The molecule has 6 heteroatoms. The topological polar surface area (TPSA) is 12.0 Å². The van der Waals surface area contributed by atoms with Gasteiger partial charge in [-0.1, -0.05) is 39.7 Å². The van der Waals surface area contributed by atoms with E-state index in [0.29, 0.717) is 0 Å². The molecule has 0 radical (unpaired) electrons. The summed E-state index contributed by atoms with van der Waals surface area (Å²) in [5, 5.41) is 2.95. The van der Waals surface area contributed by atoms with Gasteiger partial charge in [0.25, 0.3) is 0 Å². The summed E-state index contributed by atoms with van der Waals surface area (Å²) in [6, 6.07) is 10.8. The Morgan fingerprint density at radius 2 is 1.71 bits per heavy atom. The summed E-state index contributed by atoms with van der Waals surface area (Å²) in [6.45, 7) is 1.80. The molecule has 0 aliphatic rings. The van der Waals surface area contributed by atoms with Gasteiger partial charge in [-0.15, -0.1) is 0 Å². The van der Waals surface area contributed by atoms with Gasteiger partial charge in [0.05, 0.1) is 5.56 Å². The standard InChI is InChI=1S/C15H12BrClF3N/c1-9(10-2-4-11(16)5-3-10)21-14-7-6-12(17)8-13(14)15(18,19)20/h2-9,21H,1H3. The molecule has 112 valence electrons. The van der Waals surface area contributed by atoms with Gasteiger partial charge in [0.1, 0.15) is 0 Å². The molecule has 2 rings (SSSR count). The van der Waals surface area contributed by atoms with Crippen LogP contribution in [0.4, 0.5) is 18.9 Å². The molecule has 0 saturated heterocycles. The van der Waals surface area contributed by atoms with E-state index in [-0.39, 0.29) is 16.8 Å². The van der Waals surface area contributed by atoms with Gasteiger partial charge in [0.15, 0.2) is 0 Å². The minimum absolute atomic E-state index is 0.0160. The van der Waals surface area contributed by atoms with Gasteiger partial charge in [-0.25, -0.2) is 0 Å². The van der Waals surface area contributed by atoms with Gasteiger partial charge >= 0.3 is 6.18 Å². The van der Waals surface area contributed by atoms with Crippen molar-refractivity contribution in [2.45, 2.75) is 19.1 Å². The van der Waals surface area contributed by atoms with Crippen molar-refractivity contribution in [3.63, 3.8) is 0 Å². The summed E-state index contributed by atoms with van der Waals surface area (Å²) in [7, 11) is 0. The minimum Gasteiger partial charge on any atom is -0.378 e. The highest BCUT2D eigenvalue weighted by atomic mass is 79.9. The SMILES string of the molecule is CC(Nc1ccc(Cl)cc1C(F)(F)F)c1ccc(Br)cc1. The summed E-state index contributed by atoms with van der Waals surface area (Å²) >= 11 is 8.98. The van der Waals surface area contributed by atoms with Crippen molar-refractivity contribution in [2.24, 2.45) is 0 Å². The number of anilines is 1. The first-order valence-electron chi connectivity index (χ1n) is 6.16. The number of hydrogen-bond donors (Lipinski definition) is 1. The van der Waals surface area contributed by atoms with Crippen molar-refractivity contribution in [1.82, 2.24) is 0 Å². The lowest BCUT2D eigenvalue weighted by Gasteiger charge is -2.20. The van der Waals surface area contributed by atoms with Crippen LogP contribution in [-0.4, -0.2) is 0 Å². The van der Waals surface area contributed by atoms with Gasteiger partial charge in [-0.3, -0.25) is 0 Å². The second-order valence-electron chi connectivity index (χ2n) is 4.61. The average molecular weight is 379 g/mol. The lowest BCUT2D eigenvalue weighted by molar-refractivity contribution is -0.137. The average Bonchev–Trinajstić information content (AvgIpc) is 2.40. The number of benzene rings is 2. The number of halogens is 5. The Labute approximate surface area is 134 Å². The Hall–Kier alpha value is -1.20. The summed E-state index contributed by atoms with van der Waals surface area (Å²) < 4.78 is 40.0. The lowest BCUT2D eigenvalue weighted by atomic mass is 10.1. The van der Waals surface area contributed by atoms with Crippen molar-refractivity contribution < 1.29 is 13.2 Å². The van der Waals surface area contributed by atoms with Crippen molar-refractivity contribution in [2.75, 3.05) is 5.32 Å². The van der Waals surface area contributed by atoms with Crippen LogP contribution in [0.5, 0.6) is 0 Å². The molecule has 0 amide bonds. The third-order valence-electron chi connectivity index (χ3n) is 3.03. The van der Waals surface area contributed by atoms with Crippen molar-refractivity contribution >= 4 is 33.2 Å². The summed E-state index contributed by atoms with van der Waals surface area (Å²) in [4.78, 5) is 0. The maximum absolute atomic E-state index is 13.0. The van der Waals surface area contributed by atoms with E-state index in [2.05, 4.69) is 21.2 Å². The Morgan fingerprint density at radius 1 is 1.10 bits per heavy atom. The Kier molecular flexibility index (Phi) is 4.84. The predicted molar refractivity (Wildman–Crippen MR) is 82.6 cm³/mol. The fourth-order valence-electron chi connectivity index (χ4n) is 1.94. The molecule has 0 heterocycles. The smallest absolute Gasteiger partial charge is 0.378 e. The third kappa shape index (κ3) is 4.14.